The van der Waals surface area contributed by atoms with Crippen LogP contribution in [0.15, 0.2) is 58.2 Å². The topological polar surface area (TPSA) is 130 Å². The molecule has 27 heavy (non-hydrogen) atoms. The Hall–Kier alpha value is -3.24. The highest BCUT2D eigenvalue weighted by molar-refractivity contribution is 7.89. The maximum Gasteiger partial charge on any atom is 0.252 e. The van der Waals surface area contributed by atoms with E-state index in [1.807, 2.05) is 12.1 Å². The molecule has 0 radical (unpaired) electrons. The number of benzene rings is 2. The second-order valence-corrected chi connectivity index (χ2v) is 7.52. The van der Waals surface area contributed by atoms with Crippen LogP contribution in [0, 0.1) is 0 Å². The molecule has 0 unspecified atom stereocenters. The van der Waals surface area contributed by atoms with Crippen molar-refractivity contribution in [2.45, 2.75) is 4.90 Å². The Labute approximate surface area is 153 Å². The van der Waals surface area contributed by atoms with Crippen molar-refractivity contribution >= 4 is 37.9 Å². The lowest BCUT2D eigenvalue weighted by Crippen LogP contribution is -2.34. The Kier molecular flexibility index (Phi) is 4.34. The number of sulfonamides is 1. The van der Waals surface area contributed by atoms with Gasteiger partial charge in [-0.05, 0) is 40.6 Å². The molecule has 4 rings (SSSR count). The zero-order chi connectivity index (χ0) is 18.9. The molecule has 0 aliphatic heterocycles. The van der Waals surface area contributed by atoms with Crippen LogP contribution in [0.5, 0.6) is 0 Å². The van der Waals surface area contributed by atoms with Crippen LogP contribution in [-0.2, 0) is 10.0 Å². The van der Waals surface area contributed by atoms with Gasteiger partial charge in [-0.1, -0.05) is 12.1 Å². The Morgan fingerprint density at radius 1 is 1.07 bits per heavy atom. The second kappa shape index (κ2) is 6.82. The fourth-order valence-electron chi connectivity index (χ4n) is 2.82. The second-order valence-electron chi connectivity index (χ2n) is 5.79. The molecular weight excluding hydrogens is 370 g/mol. The first-order chi connectivity index (χ1) is 13.1. The van der Waals surface area contributed by atoms with E-state index in [1.165, 1.54) is 6.07 Å². The quantitative estimate of drug-likeness (QED) is 0.430. The van der Waals surface area contributed by atoms with Gasteiger partial charge >= 0.3 is 0 Å². The van der Waals surface area contributed by atoms with Crippen LogP contribution in [0.2, 0.25) is 0 Å². The van der Waals surface area contributed by atoms with E-state index in [0.29, 0.717) is 11.1 Å². The van der Waals surface area contributed by atoms with Gasteiger partial charge in [0.05, 0.1) is 0 Å². The van der Waals surface area contributed by atoms with Gasteiger partial charge in [0.1, 0.15) is 10.4 Å². The van der Waals surface area contributed by atoms with Crippen molar-refractivity contribution in [3.8, 4) is 0 Å². The molecule has 0 saturated carbocycles. The molecule has 4 aromatic rings. The number of fused-ring (bicyclic) bond motifs is 2. The van der Waals surface area contributed by atoms with Gasteiger partial charge in [0.15, 0.2) is 5.52 Å². The van der Waals surface area contributed by atoms with Crippen LogP contribution in [0.25, 0.3) is 21.9 Å². The summed E-state index contributed by atoms with van der Waals surface area (Å²) < 4.78 is 31.9. The highest BCUT2D eigenvalue weighted by atomic mass is 32.2. The van der Waals surface area contributed by atoms with E-state index < -0.39 is 10.0 Å². The molecule has 138 valence electrons. The number of nitrogens with one attached hydrogen (secondary N) is 3. The van der Waals surface area contributed by atoms with E-state index in [1.54, 1.807) is 30.5 Å². The summed E-state index contributed by atoms with van der Waals surface area (Å²) in [7, 11) is -3.81. The number of rotatable bonds is 6. The van der Waals surface area contributed by atoms with Crippen LogP contribution >= 0.6 is 0 Å². The Bertz CT molecular complexity index is 1230. The molecule has 9 nitrogen and oxygen atoms in total. The molecule has 0 fully saturated rings. The zero-order valence-corrected chi connectivity index (χ0v) is 14.8. The van der Waals surface area contributed by atoms with E-state index in [9.17, 15) is 13.2 Å². The van der Waals surface area contributed by atoms with Crippen molar-refractivity contribution in [1.82, 2.24) is 25.3 Å². The molecule has 2 aromatic heterocycles. The summed E-state index contributed by atoms with van der Waals surface area (Å²) in [6.07, 6.45) is 1.76. The summed E-state index contributed by atoms with van der Waals surface area (Å²) in [5, 5.41) is 10.8. The lowest BCUT2D eigenvalue weighted by Gasteiger charge is -2.09. The largest absolute Gasteiger partial charge is 0.361 e. The molecule has 2 heterocycles. The summed E-state index contributed by atoms with van der Waals surface area (Å²) >= 11 is 0. The number of H-pyrrole nitrogens is 1. The fourth-order valence-corrected chi connectivity index (χ4v) is 4.00. The molecular formula is C17H15N5O4S. The summed E-state index contributed by atoms with van der Waals surface area (Å²) in [5.74, 6) is -0.276. The van der Waals surface area contributed by atoms with E-state index in [-0.39, 0.29) is 29.4 Å². The van der Waals surface area contributed by atoms with Gasteiger partial charge in [-0.3, -0.25) is 4.79 Å². The molecule has 1 amide bonds. The number of carbonyl (C=O) groups is 1. The number of hydrogen-bond donors (Lipinski definition) is 3. The third-order valence-corrected chi connectivity index (χ3v) is 5.57. The van der Waals surface area contributed by atoms with Gasteiger partial charge in [-0.15, -0.1) is 0 Å². The van der Waals surface area contributed by atoms with Gasteiger partial charge in [0, 0.05) is 35.8 Å². The van der Waals surface area contributed by atoms with Gasteiger partial charge in [0.2, 0.25) is 10.0 Å². The van der Waals surface area contributed by atoms with E-state index in [2.05, 4.69) is 30.0 Å². The van der Waals surface area contributed by atoms with Gasteiger partial charge in [-0.25, -0.2) is 17.8 Å². The Balaban J connectivity index is 1.40. The van der Waals surface area contributed by atoms with Crippen LogP contribution in [0.3, 0.4) is 0 Å². The number of amides is 1. The van der Waals surface area contributed by atoms with E-state index in [0.717, 1.165) is 10.9 Å². The molecule has 2 aromatic carbocycles. The van der Waals surface area contributed by atoms with Crippen molar-refractivity contribution in [3.63, 3.8) is 0 Å². The molecule has 10 heteroatoms. The zero-order valence-electron chi connectivity index (χ0n) is 14.0. The highest BCUT2D eigenvalue weighted by Crippen LogP contribution is 2.19. The van der Waals surface area contributed by atoms with Crippen LogP contribution < -0.4 is 10.0 Å². The van der Waals surface area contributed by atoms with E-state index >= 15 is 0 Å². The first-order valence-corrected chi connectivity index (χ1v) is 9.60. The van der Waals surface area contributed by atoms with Gasteiger partial charge < -0.3 is 10.3 Å². The van der Waals surface area contributed by atoms with Crippen molar-refractivity contribution in [3.05, 3.63) is 54.2 Å². The number of aromatic amines is 1. The summed E-state index contributed by atoms with van der Waals surface area (Å²) in [4.78, 5) is 15.4. The summed E-state index contributed by atoms with van der Waals surface area (Å²) in [6.45, 7) is 0.158. The molecule has 3 N–H and O–H groups in total. The smallest absolute Gasteiger partial charge is 0.252 e. The maximum absolute atomic E-state index is 12.5. The van der Waals surface area contributed by atoms with Gasteiger partial charge in [-0.2, -0.15) is 0 Å². The molecule has 0 atom stereocenters. The highest BCUT2D eigenvalue weighted by Gasteiger charge is 2.20. The summed E-state index contributed by atoms with van der Waals surface area (Å²) in [5.41, 5.74) is 1.90. The lowest BCUT2D eigenvalue weighted by molar-refractivity contribution is 0.0956. The van der Waals surface area contributed by atoms with Crippen molar-refractivity contribution in [1.29, 1.82) is 0 Å². The Morgan fingerprint density at radius 3 is 2.81 bits per heavy atom. The first-order valence-electron chi connectivity index (χ1n) is 8.11. The van der Waals surface area contributed by atoms with Crippen LogP contribution in [-0.4, -0.2) is 42.7 Å². The average molecular weight is 385 g/mol. The minimum absolute atomic E-state index is 0.0235. The number of carbonyl (C=O) groups excluding carboxylic acids is 1. The van der Waals surface area contributed by atoms with Crippen LogP contribution in [0.1, 0.15) is 10.4 Å². The van der Waals surface area contributed by atoms with Crippen molar-refractivity contribution in [2.75, 3.05) is 13.1 Å². The number of hydrogen-bond acceptors (Lipinski definition) is 6. The van der Waals surface area contributed by atoms with Crippen molar-refractivity contribution in [2.24, 2.45) is 0 Å². The Morgan fingerprint density at radius 2 is 1.93 bits per heavy atom. The van der Waals surface area contributed by atoms with Crippen LogP contribution in [0.4, 0.5) is 0 Å². The predicted molar refractivity (Wildman–Crippen MR) is 97.6 cm³/mol. The lowest BCUT2D eigenvalue weighted by atomic mass is 10.1. The SMILES string of the molecule is O=C(NCCNS(=O)(=O)c1cccc2nonc12)c1cccc2[nH]ccc12. The van der Waals surface area contributed by atoms with Crippen molar-refractivity contribution < 1.29 is 17.8 Å². The third kappa shape index (κ3) is 3.27. The first kappa shape index (κ1) is 17.2. The minimum Gasteiger partial charge on any atom is -0.361 e. The number of nitrogens with zero attached hydrogens (tertiary/aromatic N) is 2. The third-order valence-electron chi connectivity index (χ3n) is 4.08. The molecule has 0 aliphatic carbocycles. The molecule has 0 aliphatic rings. The fraction of sp³-hybridized carbons (Fsp3) is 0.118. The molecule has 0 bridgehead atoms. The van der Waals surface area contributed by atoms with E-state index in [4.69, 9.17) is 0 Å². The predicted octanol–water partition coefficient (Wildman–Crippen LogP) is 1.41. The normalized spacial score (nSPS) is 11.9. The summed E-state index contributed by atoms with van der Waals surface area (Å²) in [6, 6.07) is 11.8. The minimum atomic E-state index is -3.81. The average Bonchev–Trinajstić information content (AvgIpc) is 3.33. The van der Waals surface area contributed by atoms with Gasteiger partial charge in [0.25, 0.3) is 5.91 Å². The number of aromatic nitrogens is 3. The molecule has 0 spiro atoms. The maximum atomic E-state index is 12.5. The molecule has 0 saturated heterocycles. The standard InChI is InChI=1S/C17H15N5O4S/c23-17(12-3-1-4-13-11(12)7-8-18-13)19-9-10-20-27(24,25)15-6-2-5-14-16(15)22-26-21-14/h1-8,18,20H,9-10H2,(H,19,23). The monoisotopic (exact) mass is 385 g/mol.